The Hall–Kier alpha value is -0.470. The normalized spacial score (nSPS) is 24.8. The van der Waals surface area contributed by atoms with Crippen molar-refractivity contribution in [1.82, 2.24) is 5.32 Å². The highest BCUT2D eigenvalue weighted by Gasteiger charge is 2.21. The Balaban J connectivity index is 1.65. The van der Waals surface area contributed by atoms with E-state index in [1.54, 1.807) is 5.56 Å². The van der Waals surface area contributed by atoms with E-state index in [0.29, 0.717) is 6.04 Å². The van der Waals surface area contributed by atoms with Crippen molar-refractivity contribution in [1.29, 1.82) is 0 Å². The lowest BCUT2D eigenvalue weighted by Crippen LogP contribution is -2.35. The molecule has 1 saturated carbocycles. The fourth-order valence-corrected chi connectivity index (χ4v) is 4.21. The molecule has 1 saturated heterocycles. The van der Waals surface area contributed by atoms with Crippen molar-refractivity contribution in [2.24, 2.45) is 0 Å². The molecular formula is C16H23NS. The molecule has 2 fully saturated rings. The maximum absolute atomic E-state index is 3.67. The third-order valence-corrected chi connectivity index (χ3v) is 5.65. The van der Waals surface area contributed by atoms with E-state index in [4.69, 9.17) is 0 Å². The summed E-state index contributed by atoms with van der Waals surface area (Å²) in [6, 6.07) is 9.75. The molecule has 1 unspecified atom stereocenters. The highest BCUT2D eigenvalue weighted by atomic mass is 32.2. The van der Waals surface area contributed by atoms with Crippen LogP contribution < -0.4 is 5.32 Å². The van der Waals surface area contributed by atoms with Gasteiger partial charge in [0.1, 0.15) is 0 Å². The summed E-state index contributed by atoms with van der Waals surface area (Å²) in [4.78, 5) is 1.54. The van der Waals surface area contributed by atoms with Gasteiger partial charge in [-0.15, -0.1) is 11.8 Å². The fourth-order valence-electron chi connectivity index (χ4n) is 2.82. The molecule has 0 aromatic heterocycles. The molecule has 0 spiro atoms. The van der Waals surface area contributed by atoms with E-state index in [1.807, 2.05) is 0 Å². The zero-order chi connectivity index (χ0) is 12.2. The summed E-state index contributed by atoms with van der Waals surface area (Å²) in [5, 5.41) is 4.56. The largest absolute Gasteiger partial charge is 0.314 e. The zero-order valence-electron chi connectivity index (χ0n) is 11.0. The van der Waals surface area contributed by atoms with Crippen LogP contribution in [0.25, 0.3) is 0 Å². The second-order valence-corrected chi connectivity index (χ2v) is 6.97. The maximum Gasteiger partial charge on any atom is 0.0108 e. The van der Waals surface area contributed by atoms with Gasteiger partial charge in [0.05, 0.1) is 0 Å². The standard InChI is InChI=1S/C16H23NS/c1-2-10-16(18-15-8-5-9-15)13(6-1)12-14-7-3-4-11-17-14/h1-2,6,10,14-15,17H,3-5,7-9,11-12H2. The summed E-state index contributed by atoms with van der Waals surface area (Å²) in [5.41, 5.74) is 1.56. The zero-order valence-corrected chi connectivity index (χ0v) is 11.8. The Morgan fingerprint density at radius 2 is 1.94 bits per heavy atom. The Morgan fingerprint density at radius 3 is 2.67 bits per heavy atom. The molecule has 1 nitrogen and oxygen atoms in total. The summed E-state index contributed by atoms with van der Waals surface area (Å²) < 4.78 is 0. The first-order chi connectivity index (χ1) is 8.92. The second kappa shape index (κ2) is 6.12. The van der Waals surface area contributed by atoms with Crippen molar-refractivity contribution in [3.63, 3.8) is 0 Å². The van der Waals surface area contributed by atoms with E-state index < -0.39 is 0 Å². The molecule has 0 bridgehead atoms. The molecule has 0 amide bonds. The lowest BCUT2D eigenvalue weighted by Gasteiger charge is -2.27. The lowest BCUT2D eigenvalue weighted by molar-refractivity contribution is 0.398. The van der Waals surface area contributed by atoms with Crippen LogP contribution in [0.5, 0.6) is 0 Å². The van der Waals surface area contributed by atoms with Crippen molar-refractivity contribution in [3.05, 3.63) is 29.8 Å². The van der Waals surface area contributed by atoms with E-state index in [0.717, 1.165) is 5.25 Å². The molecule has 1 aliphatic carbocycles. The van der Waals surface area contributed by atoms with Gasteiger partial charge in [-0.05, 0) is 50.3 Å². The van der Waals surface area contributed by atoms with E-state index in [9.17, 15) is 0 Å². The molecule has 98 valence electrons. The Labute approximate surface area is 115 Å². The molecule has 18 heavy (non-hydrogen) atoms. The van der Waals surface area contributed by atoms with Gasteiger partial charge in [-0.3, -0.25) is 0 Å². The predicted molar refractivity (Wildman–Crippen MR) is 79.3 cm³/mol. The minimum absolute atomic E-state index is 0.710. The Kier molecular flexibility index (Phi) is 4.27. The van der Waals surface area contributed by atoms with Gasteiger partial charge in [-0.2, -0.15) is 0 Å². The molecule has 3 rings (SSSR count). The van der Waals surface area contributed by atoms with Crippen molar-refractivity contribution >= 4 is 11.8 Å². The van der Waals surface area contributed by atoms with E-state index in [2.05, 4.69) is 41.3 Å². The van der Waals surface area contributed by atoms with E-state index in [1.165, 1.54) is 56.4 Å². The molecule has 1 heterocycles. The molecule has 1 atom stereocenters. The topological polar surface area (TPSA) is 12.0 Å². The van der Waals surface area contributed by atoms with Gasteiger partial charge in [0.25, 0.3) is 0 Å². The van der Waals surface area contributed by atoms with Gasteiger partial charge in [0.2, 0.25) is 0 Å². The van der Waals surface area contributed by atoms with E-state index >= 15 is 0 Å². The third-order valence-electron chi connectivity index (χ3n) is 4.20. The van der Waals surface area contributed by atoms with Crippen LogP contribution in [-0.2, 0) is 6.42 Å². The van der Waals surface area contributed by atoms with Crippen LogP contribution in [0.3, 0.4) is 0 Å². The Bertz CT molecular complexity index is 380. The van der Waals surface area contributed by atoms with Crippen LogP contribution >= 0.6 is 11.8 Å². The number of hydrogen-bond acceptors (Lipinski definition) is 2. The number of hydrogen-bond donors (Lipinski definition) is 1. The predicted octanol–water partition coefficient (Wildman–Crippen LogP) is 4.02. The monoisotopic (exact) mass is 261 g/mol. The van der Waals surface area contributed by atoms with Crippen LogP contribution in [0.1, 0.15) is 44.1 Å². The number of nitrogens with one attached hydrogen (secondary N) is 1. The quantitative estimate of drug-likeness (QED) is 0.878. The number of benzene rings is 1. The highest BCUT2D eigenvalue weighted by Crippen LogP contribution is 2.38. The second-order valence-electron chi connectivity index (χ2n) is 5.63. The summed E-state index contributed by atoms with van der Waals surface area (Å²) in [6.45, 7) is 1.21. The summed E-state index contributed by atoms with van der Waals surface area (Å²) >= 11 is 2.12. The van der Waals surface area contributed by atoms with Crippen LogP contribution in [0.2, 0.25) is 0 Å². The SMILES string of the molecule is c1ccc(SC2CCC2)c(CC2CCCCN2)c1. The van der Waals surface area contributed by atoms with Crippen molar-refractivity contribution in [3.8, 4) is 0 Å². The summed E-state index contributed by atoms with van der Waals surface area (Å²) in [5.74, 6) is 0. The molecule has 0 radical (unpaired) electrons. The van der Waals surface area contributed by atoms with Gasteiger partial charge < -0.3 is 5.32 Å². The average Bonchev–Trinajstić information content (AvgIpc) is 2.37. The smallest absolute Gasteiger partial charge is 0.0108 e. The fraction of sp³-hybridized carbons (Fsp3) is 0.625. The number of thioether (sulfide) groups is 1. The number of piperidine rings is 1. The molecule has 2 aliphatic rings. The first-order valence-electron chi connectivity index (χ1n) is 7.40. The lowest BCUT2D eigenvalue weighted by atomic mass is 9.98. The van der Waals surface area contributed by atoms with Crippen LogP contribution in [0, 0.1) is 0 Å². The number of rotatable bonds is 4. The van der Waals surface area contributed by atoms with Gasteiger partial charge >= 0.3 is 0 Å². The maximum atomic E-state index is 3.67. The van der Waals surface area contributed by atoms with Gasteiger partial charge in [0.15, 0.2) is 0 Å². The molecule has 1 N–H and O–H groups in total. The van der Waals surface area contributed by atoms with Crippen molar-refractivity contribution in [2.75, 3.05) is 6.54 Å². The van der Waals surface area contributed by atoms with Gasteiger partial charge in [0, 0.05) is 16.2 Å². The summed E-state index contributed by atoms with van der Waals surface area (Å²) in [7, 11) is 0. The van der Waals surface area contributed by atoms with Crippen LogP contribution in [-0.4, -0.2) is 17.8 Å². The minimum Gasteiger partial charge on any atom is -0.314 e. The first kappa shape index (κ1) is 12.6. The minimum atomic E-state index is 0.710. The van der Waals surface area contributed by atoms with Gasteiger partial charge in [-0.25, -0.2) is 0 Å². The molecule has 1 aromatic rings. The third kappa shape index (κ3) is 3.10. The van der Waals surface area contributed by atoms with Gasteiger partial charge in [-0.1, -0.05) is 31.0 Å². The highest BCUT2D eigenvalue weighted by molar-refractivity contribution is 8.00. The summed E-state index contributed by atoms with van der Waals surface area (Å²) in [6.07, 6.45) is 9.59. The molecule has 1 aliphatic heterocycles. The van der Waals surface area contributed by atoms with Crippen molar-refractivity contribution < 1.29 is 0 Å². The molecular weight excluding hydrogens is 238 g/mol. The average molecular weight is 261 g/mol. The van der Waals surface area contributed by atoms with Crippen molar-refractivity contribution in [2.45, 2.75) is 61.1 Å². The molecule has 2 heteroatoms. The first-order valence-corrected chi connectivity index (χ1v) is 8.28. The molecule has 1 aromatic carbocycles. The Morgan fingerprint density at radius 1 is 1.06 bits per heavy atom. The van der Waals surface area contributed by atoms with E-state index in [-0.39, 0.29) is 0 Å². The van der Waals surface area contributed by atoms with Crippen LogP contribution in [0.4, 0.5) is 0 Å². The van der Waals surface area contributed by atoms with Crippen LogP contribution in [0.15, 0.2) is 29.2 Å².